The van der Waals surface area contributed by atoms with Gasteiger partial charge in [-0.05, 0) is 30.2 Å². The molecule has 0 atom stereocenters. The number of fused-ring (bicyclic) bond motifs is 2. The number of ether oxygens (including phenoxy) is 3. The summed E-state index contributed by atoms with van der Waals surface area (Å²) in [4.78, 5) is 9.05. The van der Waals surface area contributed by atoms with Gasteiger partial charge in [-0.1, -0.05) is 41.7 Å². The molecule has 5 rings (SSSR count). The highest BCUT2D eigenvalue weighted by Gasteiger charge is 2.15. The number of nitrogens with zero attached hydrogens (tertiary/aromatic N) is 2. The molecule has 5 aromatic rings. The molecule has 2 heterocycles. The average Bonchev–Trinajstić information content (AvgIpc) is 3.29. The Bertz CT molecular complexity index is 1470. The van der Waals surface area contributed by atoms with Crippen LogP contribution >= 0.6 is 11.3 Å². The number of hydrogen-bond acceptors (Lipinski definition) is 7. The molecule has 0 aliphatic rings. The number of rotatable bonds is 9. The Balaban J connectivity index is 1.42. The average molecular weight is 490 g/mol. The van der Waals surface area contributed by atoms with Crippen LogP contribution in [0.2, 0.25) is 0 Å². The van der Waals surface area contributed by atoms with E-state index in [-0.39, 0.29) is 0 Å². The smallest absolute Gasteiger partial charge is 0.183 e. The van der Waals surface area contributed by atoms with Crippen molar-refractivity contribution in [2.45, 2.75) is 13.1 Å². The predicted octanol–water partition coefficient (Wildman–Crippen LogP) is 6.78. The Hall–Kier alpha value is -3.91. The summed E-state index contributed by atoms with van der Waals surface area (Å²) in [5.74, 6) is 2.14. The van der Waals surface area contributed by atoms with Crippen molar-refractivity contribution < 1.29 is 18.6 Å². The molecule has 1 N–H and O–H groups in total. The molecule has 35 heavy (non-hydrogen) atoms. The summed E-state index contributed by atoms with van der Waals surface area (Å²) in [7, 11) is 3.15. The molecule has 8 heteroatoms. The van der Waals surface area contributed by atoms with Crippen molar-refractivity contribution >= 4 is 37.6 Å². The lowest BCUT2D eigenvalue weighted by atomic mass is 10.1. The van der Waals surface area contributed by atoms with E-state index in [0.717, 1.165) is 33.7 Å². The van der Waals surface area contributed by atoms with Crippen molar-refractivity contribution in [3.05, 3.63) is 78.0 Å². The van der Waals surface area contributed by atoms with E-state index in [4.69, 9.17) is 14.2 Å². The number of pyridine rings is 1. The molecule has 3 aromatic carbocycles. The second-order valence-electron chi connectivity index (χ2n) is 7.88. The summed E-state index contributed by atoms with van der Waals surface area (Å²) in [6, 6.07) is 19.2. The van der Waals surface area contributed by atoms with Gasteiger partial charge >= 0.3 is 0 Å². The van der Waals surface area contributed by atoms with Gasteiger partial charge < -0.3 is 19.5 Å². The number of thiazole rings is 1. The Morgan fingerprint density at radius 3 is 2.46 bits per heavy atom. The Labute approximate surface area is 206 Å². The minimum atomic E-state index is -0.667. The van der Waals surface area contributed by atoms with Crippen LogP contribution in [0.1, 0.15) is 11.1 Å². The molecule has 2 aromatic heterocycles. The molecule has 0 amide bonds. The molecule has 0 saturated carbocycles. The standard InChI is InChI=1S/C27H24FN3O3S/c1-32-24-13-19-20(14-25(24)33-2)29-11-9-22(19)34-23-15-26-21(12-18(23)16-28)31-27(35-26)30-10-8-17-6-4-3-5-7-17/h3-7,9,11-15H,8,10,16H2,1-2H3,(H,30,31). The van der Waals surface area contributed by atoms with Gasteiger partial charge in [0.15, 0.2) is 16.6 Å². The van der Waals surface area contributed by atoms with Gasteiger partial charge in [-0.25, -0.2) is 9.37 Å². The third kappa shape index (κ3) is 4.83. The van der Waals surface area contributed by atoms with E-state index in [1.54, 1.807) is 38.6 Å². The van der Waals surface area contributed by atoms with Crippen molar-refractivity contribution in [3.63, 3.8) is 0 Å². The minimum absolute atomic E-state index is 0.434. The largest absolute Gasteiger partial charge is 0.493 e. The zero-order valence-corrected chi connectivity index (χ0v) is 20.2. The first-order valence-electron chi connectivity index (χ1n) is 11.1. The summed E-state index contributed by atoms with van der Waals surface area (Å²) in [5.41, 5.74) is 3.12. The van der Waals surface area contributed by atoms with Gasteiger partial charge in [-0.2, -0.15) is 0 Å². The van der Waals surface area contributed by atoms with Gasteiger partial charge in [0.1, 0.15) is 18.2 Å². The van der Waals surface area contributed by atoms with Gasteiger partial charge in [0, 0.05) is 35.8 Å². The SMILES string of the molecule is COc1cc2nccc(Oc3cc4sc(NCCc5ccccc5)nc4cc3CF)c2cc1OC. The minimum Gasteiger partial charge on any atom is -0.493 e. The first-order valence-corrected chi connectivity index (χ1v) is 12.0. The molecule has 0 saturated heterocycles. The molecule has 0 spiro atoms. The van der Waals surface area contributed by atoms with Crippen LogP contribution in [0.4, 0.5) is 9.52 Å². The van der Waals surface area contributed by atoms with Gasteiger partial charge in [0.05, 0.1) is 30.0 Å². The van der Waals surface area contributed by atoms with Gasteiger partial charge in [-0.3, -0.25) is 4.98 Å². The maximum Gasteiger partial charge on any atom is 0.183 e. The van der Waals surface area contributed by atoms with Gasteiger partial charge in [0.25, 0.3) is 0 Å². The maximum atomic E-state index is 14.0. The van der Waals surface area contributed by atoms with E-state index in [0.29, 0.717) is 34.1 Å². The van der Waals surface area contributed by atoms with E-state index in [1.807, 2.05) is 30.3 Å². The highest BCUT2D eigenvalue weighted by molar-refractivity contribution is 7.22. The van der Waals surface area contributed by atoms with Crippen molar-refractivity contribution in [2.24, 2.45) is 0 Å². The Morgan fingerprint density at radius 2 is 1.69 bits per heavy atom. The molecule has 0 aliphatic heterocycles. The number of aromatic nitrogens is 2. The number of nitrogens with one attached hydrogen (secondary N) is 1. The molecule has 6 nitrogen and oxygen atoms in total. The van der Waals surface area contributed by atoms with E-state index in [9.17, 15) is 4.39 Å². The summed E-state index contributed by atoms with van der Waals surface area (Å²) >= 11 is 1.52. The molecule has 0 fully saturated rings. The quantitative estimate of drug-likeness (QED) is 0.246. The van der Waals surface area contributed by atoms with Crippen molar-refractivity contribution in [1.29, 1.82) is 0 Å². The normalized spacial score (nSPS) is 11.1. The second kappa shape index (κ2) is 10.1. The number of hydrogen-bond donors (Lipinski definition) is 1. The third-order valence-corrected chi connectivity index (χ3v) is 6.65. The number of anilines is 1. The van der Waals surface area contributed by atoms with Gasteiger partial charge in [0.2, 0.25) is 0 Å². The van der Waals surface area contributed by atoms with Crippen LogP contribution in [0.5, 0.6) is 23.0 Å². The van der Waals surface area contributed by atoms with Crippen LogP contribution < -0.4 is 19.5 Å². The highest BCUT2D eigenvalue weighted by Crippen LogP contribution is 2.39. The van der Waals surface area contributed by atoms with Crippen LogP contribution in [0.15, 0.2) is 66.9 Å². The van der Waals surface area contributed by atoms with Crippen molar-refractivity contribution in [1.82, 2.24) is 9.97 Å². The fourth-order valence-electron chi connectivity index (χ4n) is 3.89. The number of benzene rings is 3. The summed E-state index contributed by atoms with van der Waals surface area (Å²) < 4.78 is 31.9. The zero-order chi connectivity index (χ0) is 24.2. The van der Waals surface area contributed by atoms with E-state index in [1.165, 1.54) is 16.9 Å². The molecular formula is C27H24FN3O3S. The van der Waals surface area contributed by atoms with Crippen LogP contribution in [0.3, 0.4) is 0 Å². The van der Waals surface area contributed by atoms with Crippen LogP contribution in [0.25, 0.3) is 21.1 Å². The highest BCUT2D eigenvalue weighted by atomic mass is 32.1. The van der Waals surface area contributed by atoms with E-state index >= 15 is 0 Å². The summed E-state index contributed by atoms with van der Waals surface area (Å²) in [5, 5.41) is 4.91. The Kier molecular flexibility index (Phi) is 6.63. The van der Waals surface area contributed by atoms with Crippen LogP contribution in [-0.4, -0.2) is 30.7 Å². The van der Waals surface area contributed by atoms with Crippen LogP contribution in [0, 0.1) is 0 Å². The van der Waals surface area contributed by atoms with Gasteiger partial charge in [-0.15, -0.1) is 0 Å². The lowest BCUT2D eigenvalue weighted by molar-refractivity contribution is 0.355. The predicted molar refractivity (Wildman–Crippen MR) is 138 cm³/mol. The van der Waals surface area contributed by atoms with E-state index < -0.39 is 6.67 Å². The molecule has 0 unspecified atom stereocenters. The molecule has 0 radical (unpaired) electrons. The number of methoxy groups -OCH3 is 2. The molecule has 178 valence electrons. The lowest BCUT2D eigenvalue weighted by Gasteiger charge is -2.13. The van der Waals surface area contributed by atoms with Crippen molar-refractivity contribution in [3.8, 4) is 23.0 Å². The Morgan fingerprint density at radius 1 is 0.886 bits per heavy atom. The molecule has 0 aliphatic carbocycles. The third-order valence-electron chi connectivity index (χ3n) is 5.67. The summed E-state index contributed by atoms with van der Waals surface area (Å²) in [6.07, 6.45) is 2.54. The van der Waals surface area contributed by atoms with E-state index in [2.05, 4.69) is 27.4 Å². The lowest BCUT2D eigenvalue weighted by Crippen LogP contribution is -2.04. The topological polar surface area (TPSA) is 65.5 Å². The molecular weight excluding hydrogens is 465 g/mol. The zero-order valence-electron chi connectivity index (χ0n) is 19.4. The monoisotopic (exact) mass is 489 g/mol. The fraction of sp³-hybridized carbons (Fsp3) is 0.185. The summed E-state index contributed by atoms with van der Waals surface area (Å²) in [6.45, 7) is 0.0944. The fourth-order valence-corrected chi connectivity index (χ4v) is 4.79. The maximum absolute atomic E-state index is 14.0. The first-order chi connectivity index (χ1) is 17.2. The number of halogens is 1. The van der Waals surface area contributed by atoms with Crippen LogP contribution in [-0.2, 0) is 13.1 Å². The number of alkyl halides is 1. The molecule has 0 bridgehead atoms. The van der Waals surface area contributed by atoms with Crippen molar-refractivity contribution in [2.75, 3.05) is 26.1 Å². The first kappa shape index (κ1) is 22.9. The second-order valence-corrected chi connectivity index (χ2v) is 8.91.